The Morgan fingerprint density at radius 1 is 1.03 bits per heavy atom. The summed E-state index contributed by atoms with van der Waals surface area (Å²) in [5.74, 6) is 0.0959. The Morgan fingerprint density at radius 3 is 2.71 bits per heavy atom. The lowest BCUT2D eigenvalue weighted by molar-refractivity contribution is 0.632. The van der Waals surface area contributed by atoms with Crippen molar-refractivity contribution in [3.63, 3.8) is 0 Å². The van der Waals surface area contributed by atoms with Crippen LogP contribution in [0.1, 0.15) is 13.8 Å². The lowest BCUT2D eigenvalue weighted by atomic mass is 10.0. The number of anilines is 1. The zero-order valence-electron chi connectivity index (χ0n) is 18.7. The predicted molar refractivity (Wildman–Crippen MR) is 134 cm³/mol. The molecule has 0 bridgehead atoms. The molecule has 0 saturated carbocycles. The maximum absolute atomic E-state index is 15.1. The summed E-state index contributed by atoms with van der Waals surface area (Å²) in [7, 11) is 0. The van der Waals surface area contributed by atoms with Crippen molar-refractivity contribution >= 4 is 39.1 Å². The van der Waals surface area contributed by atoms with Crippen molar-refractivity contribution in [2.45, 2.75) is 19.9 Å². The first-order valence-electron chi connectivity index (χ1n) is 11.0. The largest absolute Gasteiger partial charge is 0.382 e. The van der Waals surface area contributed by atoms with Crippen molar-refractivity contribution in [2.75, 3.05) is 5.32 Å². The van der Waals surface area contributed by atoms with Gasteiger partial charge in [-0.3, -0.25) is 10.1 Å². The van der Waals surface area contributed by atoms with E-state index in [0.717, 1.165) is 27.5 Å². The third-order valence-electron chi connectivity index (χ3n) is 5.61. The van der Waals surface area contributed by atoms with Gasteiger partial charge in [0.25, 0.3) is 0 Å². The van der Waals surface area contributed by atoms with Gasteiger partial charge in [0, 0.05) is 57.7 Å². The standard InChI is InChI=1S/C25H19F2N7S/c1-12(2)30-14-7-13(10-28-11-14)16-8-17-19(9-18(16)26)33-34-23(17)25-31-22-15(5-6-29-24(22)32-25)20-3-4-21(27)35-20/h3-12,30H,1-2H3,(H,33,34)(H,29,31,32). The molecule has 0 amide bonds. The van der Waals surface area contributed by atoms with E-state index in [-0.39, 0.29) is 17.0 Å². The van der Waals surface area contributed by atoms with Crippen LogP contribution in [-0.2, 0) is 0 Å². The van der Waals surface area contributed by atoms with Gasteiger partial charge in [-0.15, -0.1) is 11.3 Å². The van der Waals surface area contributed by atoms with E-state index in [9.17, 15) is 4.39 Å². The second-order valence-corrected chi connectivity index (χ2v) is 9.49. The monoisotopic (exact) mass is 487 g/mol. The lowest BCUT2D eigenvalue weighted by Gasteiger charge is -2.11. The normalized spacial score (nSPS) is 11.7. The zero-order valence-corrected chi connectivity index (χ0v) is 19.5. The molecular formula is C25H19F2N7S. The Balaban J connectivity index is 1.48. The maximum atomic E-state index is 15.1. The zero-order chi connectivity index (χ0) is 24.1. The van der Waals surface area contributed by atoms with Crippen LogP contribution in [0.2, 0.25) is 0 Å². The third-order valence-corrected chi connectivity index (χ3v) is 6.52. The van der Waals surface area contributed by atoms with Gasteiger partial charge in [0.15, 0.2) is 16.6 Å². The number of benzene rings is 1. The maximum Gasteiger partial charge on any atom is 0.178 e. The molecule has 3 N–H and O–H groups in total. The van der Waals surface area contributed by atoms with Crippen molar-refractivity contribution in [1.82, 2.24) is 30.1 Å². The van der Waals surface area contributed by atoms with Crippen LogP contribution in [0.4, 0.5) is 14.5 Å². The SMILES string of the molecule is CC(C)Nc1cncc(-c2cc3c(-c4nc5nccc(-c6ccc(F)s6)c5[nH]4)n[nH]c3cc2F)c1. The van der Waals surface area contributed by atoms with Gasteiger partial charge in [-0.2, -0.15) is 9.49 Å². The average molecular weight is 488 g/mol. The van der Waals surface area contributed by atoms with Crippen LogP contribution in [0.15, 0.2) is 55.0 Å². The molecule has 174 valence electrons. The highest BCUT2D eigenvalue weighted by Crippen LogP contribution is 2.35. The van der Waals surface area contributed by atoms with Crippen molar-refractivity contribution in [3.8, 4) is 33.1 Å². The summed E-state index contributed by atoms with van der Waals surface area (Å²) in [6.45, 7) is 4.05. The molecule has 5 aromatic heterocycles. The molecule has 6 aromatic rings. The third kappa shape index (κ3) is 3.81. The molecule has 0 aliphatic heterocycles. The number of rotatable bonds is 5. The molecule has 10 heteroatoms. The number of thiophene rings is 1. The average Bonchev–Trinajstić information content (AvgIpc) is 3.55. The van der Waals surface area contributed by atoms with Gasteiger partial charge in [-0.1, -0.05) is 0 Å². The van der Waals surface area contributed by atoms with Crippen molar-refractivity contribution in [2.24, 2.45) is 0 Å². The number of nitrogens with zero attached hydrogens (tertiary/aromatic N) is 4. The van der Waals surface area contributed by atoms with Crippen LogP contribution >= 0.6 is 11.3 Å². The van der Waals surface area contributed by atoms with E-state index in [1.165, 1.54) is 12.1 Å². The fourth-order valence-electron chi connectivity index (χ4n) is 4.13. The van der Waals surface area contributed by atoms with E-state index in [1.807, 2.05) is 26.0 Å². The molecule has 35 heavy (non-hydrogen) atoms. The summed E-state index contributed by atoms with van der Waals surface area (Å²) in [5.41, 5.74) is 4.91. The first-order chi connectivity index (χ1) is 17.0. The van der Waals surface area contributed by atoms with Crippen LogP contribution in [0, 0.1) is 10.9 Å². The Labute approximate surface area is 202 Å². The molecule has 0 aliphatic carbocycles. The molecule has 7 nitrogen and oxygen atoms in total. The van der Waals surface area contributed by atoms with E-state index in [2.05, 4.69) is 35.5 Å². The summed E-state index contributed by atoms with van der Waals surface area (Å²) in [6.07, 6.45) is 4.98. The van der Waals surface area contributed by atoms with Crippen molar-refractivity contribution in [1.29, 1.82) is 0 Å². The minimum Gasteiger partial charge on any atom is -0.382 e. The second kappa shape index (κ2) is 8.24. The highest BCUT2D eigenvalue weighted by Gasteiger charge is 2.19. The number of aromatic nitrogens is 6. The van der Waals surface area contributed by atoms with Crippen LogP contribution in [0.3, 0.4) is 0 Å². The van der Waals surface area contributed by atoms with E-state index >= 15 is 4.39 Å². The second-order valence-electron chi connectivity index (χ2n) is 8.46. The Kier molecular flexibility index (Phi) is 5.03. The van der Waals surface area contributed by atoms with Gasteiger partial charge >= 0.3 is 0 Å². The minimum absolute atomic E-state index is 0.220. The molecule has 0 aliphatic rings. The number of halogens is 2. The Hall–Kier alpha value is -4.18. The van der Waals surface area contributed by atoms with Crippen LogP contribution in [0.5, 0.6) is 0 Å². The number of H-pyrrole nitrogens is 2. The van der Waals surface area contributed by atoms with Gasteiger partial charge in [0.05, 0.1) is 16.7 Å². The molecule has 6 rings (SSSR count). The summed E-state index contributed by atoms with van der Waals surface area (Å²) in [4.78, 5) is 17.3. The lowest BCUT2D eigenvalue weighted by Crippen LogP contribution is -2.09. The van der Waals surface area contributed by atoms with E-state index in [0.29, 0.717) is 44.7 Å². The van der Waals surface area contributed by atoms with Gasteiger partial charge in [-0.05, 0) is 44.2 Å². The van der Waals surface area contributed by atoms with Gasteiger partial charge < -0.3 is 10.3 Å². The van der Waals surface area contributed by atoms with E-state index in [4.69, 9.17) is 0 Å². The molecular weight excluding hydrogens is 468 g/mol. The summed E-state index contributed by atoms with van der Waals surface area (Å²) in [6, 6.07) is 10.2. The molecule has 0 unspecified atom stereocenters. The summed E-state index contributed by atoms with van der Waals surface area (Å²) in [5, 5.41) is 11.0. The highest BCUT2D eigenvalue weighted by atomic mass is 32.1. The fraction of sp³-hybridized carbons (Fsp3) is 0.120. The van der Waals surface area contributed by atoms with Gasteiger partial charge in [-0.25, -0.2) is 14.4 Å². The van der Waals surface area contributed by atoms with Gasteiger partial charge in [0.1, 0.15) is 11.5 Å². The number of pyridine rings is 2. The number of fused-ring (bicyclic) bond motifs is 2. The van der Waals surface area contributed by atoms with Crippen LogP contribution < -0.4 is 5.32 Å². The molecule has 0 saturated heterocycles. The number of nitrogens with one attached hydrogen (secondary N) is 3. The number of hydrogen-bond acceptors (Lipinski definition) is 6. The Morgan fingerprint density at radius 2 is 1.91 bits per heavy atom. The van der Waals surface area contributed by atoms with Gasteiger partial charge in [0.2, 0.25) is 0 Å². The number of imidazole rings is 1. The molecule has 1 aromatic carbocycles. The van der Waals surface area contributed by atoms with Crippen molar-refractivity contribution in [3.05, 3.63) is 65.9 Å². The molecule has 0 radical (unpaired) electrons. The summed E-state index contributed by atoms with van der Waals surface area (Å²) < 4.78 is 28.7. The smallest absolute Gasteiger partial charge is 0.178 e. The van der Waals surface area contributed by atoms with Crippen LogP contribution in [-0.4, -0.2) is 36.2 Å². The molecule has 0 fully saturated rings. The quantitative estimate of drug-likeness (QED) is 0.262. The fourth-order valence-corrected chi connectivity index (χ4v) is 4.89. The first-order valence-corrected chi connectivity index (χ1v) is 11.8. The number of hydrogen-bond donors (Lipinski definition) is 3. The summed E-state index contributed by atoms with van der Waals surface area (Å²) >= 11 is 1.05. The predicted octanol–water partition coefficient (Wildman–Crippen LogP) is 6.39. The number of aromatic amines is 2. The molecule has 0 spiro atoms. The molecule has 5 heterocycles. The topological polar surface area (TPSA) is 95.2 Å². The Bertz CT molecular complexity index is 1700. The first kappa shape index (κ1) is 21.4. The van der Waals surface area contributed by atoms with E-state index in [1.54, 1.807) is 30.7 Å². The van der Waals surface area contributed by atoms with Crippen molar-refractivity contribution < 1.29 is 8.78 Å². The highest BCUT2D eigenvalue weighted by molar-refractivity contribution is 7.14. The minimum atomic E-state index is -0.385. The van der Waals surface area contributed by atoms with E-state index < -0.39 is 0 Å². The molecule has 0 atom stereocenters. The van der Waals surface area contributed by atoms with Crippen LogP contribution in [0.25, 0.3) is 55.2 Å².